The van der Waals surface area contributed by atoms with Crippen molar-refractivity contribution in [3.63, 3.8) is 0 Å². The SMILES string of the molecule is CC(=O)NC[C@H]1CC[C@@H](CC(=O)NCc2ccc3nc(C)[nH]c3c2)N1CC1CC1. The lowest BCUT2D eigenvalue weighted by Gasteiger charge is -2.30. The maximum absolute atomic E-state index is 12.6. The van der Waals surface area contributed by atoms with Gasteiger partial charge >= 0.3 is 0 Å². The average Bonchev–Trinajstić information content (AvgIpc) is 3.31. The van der Waals surface area contributed by atoms with E-state index < -0.39 is 0 Å². The molecule has 29 heavy (non-hydrogen) atoms. The van der Waals surface area contributed by atoms with Gasteiger partial charge in [-0.1, -0.05) is 6.07 Å². The molecule has 7 heteroatoms. The van der Waals surface area contributed by atoms with Gasteiger partial charge in [-0.15, -0.1) is 0 Å². The number of benzene rings is 1. The molecule has 3 N–H and O–H groups in total. The van der Waals surface area contributed by atoms with Crippen LogP contribution < -0.4 is 10.6 Å². The second-order valence-corrected chi connectivity index (χ2v) is 8.62. The largest absolute Gasteiger partial charge is 0.355 e. The zero-order chi connectivity index (χ0) is 20.4. The van der Waals surface area contributed by atoms with Crippen molar-refractivity contribution in [2.24, 2.45) is 5.92 Å². The Labute approximate surface area is 171 Å². The standard InChI is InChI=1S/C22H31N5O2/c1-14-25-20-8-5-17(9-21(20)26-14)11-24-22(29)10-18-6-7-19(12-23-15(2)28)27(18)13-16-3-4-16/h5,8-9,16,18-19H,3-4,6-7,10-13H2,1-2H3,(H,23,28)(H,24,29)(H,25,26)/t18-,19+/m0/s1. The van der Waals surface area contributed by atoms with Crippen molar-refractivity contribution >= 4 is 22.8 Å². The molecular formula is C22H31N5O2. The summed E-state index contributed by atoms with van der Waals surface area (Å²) in [5, 5.41) is 6.04. The summed E-state index contributed by atoms with van der Waals surface area (Å²) in [4.78, 5) is 34.1. The summed E-state index contributed by atoms with van der Waals surface area (Å²) >= 11 is 0. The van der Waals surface area contributed by atoms with Crippen LogP contribution in [0.3, 0.4) is 0 Å². The fourth-order valence-corrected chi connectivity index (χ4v) is 4.39. The third-order valence-corrected chi connectivity index (χ3v) is 6.10. The molecule has 0 unspecified atom stereocenters. The van der Waals surface area contributed by atoms with Crippen LogP contribution in [0.5, 0.6) is 0 Å². The molecule has 7 nitrogen and oxygen atoms in total. The summed E-state index contributed by atoms with van der Waals surface area (Å²) < 4.78 is 0. The van der Waals surface area contributed by atoms with Gasteiger partial charge in [-0.25, -0.2) is 4.98 Å². The number of carbonyl (C=O) groups excluding carboxylic acids is 2. The van der Waals surface area contributed by atoms with Crippen LogP contribution in [0.1, 0.15) is 50.4 Å². The fourth-order valence-electron chi connectivity index (χ4n) is 4.39. The number of hydrogen-bond donors (Lipinski definition) is 3. The van der Waals surface area contributed by atoms with Crippen molar-refractivity contribution in [1.82, 2.24) is 25.5 Å². The zero-order valence-electron chi connectivity index (χ0n) is 17.3. The summed E-state index contributed by atoms with van der Waals surface area (Å²) in [5.41, 5.74) is 3.02. The van der Waals surface area contributed by atoms with Gasteiger partial charge in [0.25, 0.3) is 0 Å². The van der Waals surface area contributed by atoms with Gasteiger partial charge in [0.05, 0.1) is 11.0 Å². The van der Waals surface area contributed by atoms with Gasteiger partial charge < -0.3 is 15.6 Å². The summed E-state index contributed by atoms with van der Waals surface area (Å²) in [6.45, 7) is 5.77. The zero-order valence-corrected chi connectivity index (χ0v) is 17.3. The number of hydrogen-bond acceptors (Lipinski definition) is 4. The van der Waals surface area contributed by atoms with Crippen LogP contribution in [0.2, 0.25) is 0 Å². The molecular weight excluding hydrogens is 366 g/mol. The number of amides is 2. The molecule has 1 aliphatic carbocycles. The number of fused-ring (bicyclic) bond motifs is 1. The first-order valence-corrected chi connectivity index (χ1v) is 10.7. The molecule has 1 saturated heterocycles. The molecule has 2 heterocycles. The molecule has 1 aromatic carbocycles. The Morgan fingerprint density at radius 3 is 2.72 bits per heavy atom. The summed E-state index contributed by atoms with van der Waals surface area (Å²) in [7, 11) is 0. The molecule has 2 aliphatic rings. The van der Waals surface area contributed by atoms with Gasteiger partial charge in [-0.2, -0.15) is 0 Å². The monoisotopic (exact) mass is 397 g/mol. The summed E-state index contributed by atoms with van der Waals surface area (Å²) in [5.74, 6) is 1.77. The molecule has 0 spiro atoms. The van der Waals surface area contributed by atoms with E-state index in [2.05, 4.69) is 25.5 Å². The van der Waals surface area contributed by atoms with Crippen LogP contribution in [-0.2, 0) is 16.1 Å². The number of aromatic amines is 1. The highest BCUT2D eigenvalue weighted by Gasteiger charge is 2.37. The number of carbonyl (C=O) groups is 2. The van der Waals surface area contributed by atoms with Crippen molar-refractivity contribution in [2.75, 3.05) is 13.1 Å². The van der Waals surface area contributed by atoms with Gasteiger partial charge in [0, 0.05) is 45.1 Å². The third kappa shape index (κ3) is 5.15. The van der Waals surface area contributed by atoms with Gasteiger partial charge in [0.1, 0.15) is 5.82 Å². The molecule has 1 saturated carbocycles. The number of H-pyrrole nitrogens is 1. The minimum atomic E-state index is 0.0157. The lowest BCUT2D eigenvalue weighted by molar-refractivity contribution is -0.122. The van der Waals surface area contributed by atoms with E-state index in [1.54, 1.807) is 6.92 Å². The van der Waals surface area contributed by atoms with E-state index in [4.69, 9.17) is 0 Å². The highest BCUT2D eigenvalue weighted by Crippen LogP contribution is 2.35. The van der Waals surface area contributed by atoms with Crippen LogP contribution >= 0.6 is 0 Å². The quantitative estimate of drug-likeness (QED) is 0.637. The van der Waals surface area contributed by atoms with E-state index in [9.17, 15) is 9.59 Å². The maximum atomic E-state index is 12.6. The first-order valence-electron chi connectivity index (χ1n) is 10.7. The minimum absolute atomic E-state index is 0.0157. The van der Waals surface area contributed by atoms with E-state index in [0.717, 1.165) is 47.7 Å². The Morgan fingerprint density at radius 1 is 1.17 bits per heavy atom. The Kier molecular flexibility index (Phi) is 5.85. The first kappa shape index (κ1) is 19.9. The van der Waals surface area contributed by atoms with Crippen LogP contribution in [0.25, 0.3) is 11.0 Å². The number of aromatic nitrogens is 2. The predicted octanol–water partition coefficient (Wildman–Crippen LogP) is 2.26. The molecule has 2 atom stereocenters. The van der Waals surface area contributed by atoms with Gasteiger partial charge in [0.15, 0.2) is 0 Å². The molecule has 0 bridgehead atoms. The third-order valence-electron chi connectivity index (χ3n) is 6.10. The Hall–Kier alpha value is -2.41. The van der Waals surface area contributed by atoms with Crippen molar-refractivity contribution in [3.8, 4) is 0 Å². The summed E-state index contributed by atoms with van der Waals surface area (Å²) in [6.07, 6.45) is 5.16. The van der Waals surface area contributed by atoms with E-state index in [1.165, 1.54) is 12.8 Å². The molecule has 4 rings (SSSR count). The molecule has 156 valence electrons. The number of imidazole rings is 1. The smallest absolute Gasteiger partial charge is 0.221 e. The highest BCUT2D eigenvalue weighted by atomic mass is 16.2. The second kappa shape index (κ2) is 8.53. The first-order chi connectivity index (χ1) is 14.0. The Bertz CT molecular complexity index is 888. The van der Waals surface area contributed by atoms with Crippen LogP contribution in [0.15, 0.2) is 18.2 Å². The fraction of sp³-hybridized carbons (Fsp3) is 0.591. The normalized spacial score (nSPS) is 22.1. The number of aryl methyl sites for hydroxylation is 1. The summed E-state index contributed by atoms with van der Waals surface area (Å²) in [6, 6.07) is 6.67. The molecule has 0 radical (unpaired) electrons. The highest BCUT2D eigenvalue weighted by molar-refractivity contribution is 5.78. The van der Waals surface area contributed by atoms with Gasteiger partial charge in [-0.05, 0) is 56.2 Å². The van der Waals surface area contributed by atoms with Gasteiger partial charge in [0.2, 0.25) is 11.8 Å². The number of rotatable bonds is 8. The molecule has 1 aliphatic heterocycles. The van der Waals surface area contributed by atoms with Crippen molar-refractivity contribution in [1.29, 1.82) is 0 Å². The Morgan fingerprint density at radius 2 is 1.97 bits per heavy atom. The van der Waals surface area contributed by atoms with Crippen LogP contribution in [0.4, 0.5) is 0 Å². The van der Waals surface area contributed by atoms with Crippen molar-refractivity contribution in [2.45, 2.75) is 64.6 Å². The number of nitrogens with one attached hydrogen (secondary N) is 3. The van der Waals surface area contributed by atoms with E-state index in [-0.39, 0.29) is 17.9 Å². The average molecular weight is 398 g/mol. The van der Waals surface area contributed by atoms with Gasteiger partial charge in [-0.3, -0.25) is 14.5 Å². The van der Waals surface area contributed by atoms with Crippen molar-refractivity contribution < 1.29 is 9.59 Å². The number of likely N-dealkylation sites (tertiary alicyclic amines) is 1. The maximum Gasteiger partial charge on any atom is 0.221 e. The van der Waals surface area contributed by atoms with E-state index in [1.807, 2.05) is 25.1 Å². The molecule has 2 fully saturated rings. The molecule has 1 aromatic heterocycles. The number of nitrogens with zero attached hydrogens (tertiary/aromatic N) is 2. The molecule has 2 aromatic rings. The van der Waals surface area contributed by atoms with Crippen LogP contribution in [0, 0.1) is 12.8 Å². The van der Waals surface area contributed by atoms with E-state index in [0.29, 0.717) is 25.6 Å². The van der Waals surface area contributed by atoms with Crippen LogP contribution in [-0.4, -0.2) is 51.9 Å². The lowest BCUT2D eigenvalue weighted by atomic mass is 10.1. The van der Waals surface area contributed by atoms with Crippen molar-refractivity contribution in [3.05, 3.63) is 29.6 Å². The minimum Gasteiger partial charge on any atom is -0.355 e. The lowest BCUT2D eigenvalue weighted by Crippen LogP contribution is -2.45. The van der Waals surface area contributed by atoms with E-state index >= 15 is 0 Å². The predicted molar refractivity (Wildman–Crippen MR) is 112 cm³/mol. The Balaban J connectivity index is 1.31. The second-order valence-electron chi connectivity index (χ2n) is 8.62. The molecule has 2 amide bonds. The topological polar surface area (TPSA) is 90.1 Å².